The lowest BCUT2D eigenvalue weighted by atomic mass is 10.1. The number of para-hydroxylation sites is 1. The van der Waals surface area contributed by atoms with Crippen LogP contribution in [0, 0.1) is 0 Å². The van der Waals surface area contributed by atoms with Crippen molar-refractivity contribution < 1.29 is 9.90 Å². The molecular weight excluding hydrogens is 228 g/mol. The lowest BCUT2D eigenvalue weighted by Gasteiger charge is -2.19. The Labute approximate surface area is 107 Å². The average Bonchev–Trinajstić information content (AvgIpc) is 2.60. The van der Waals surface area contributed by atoms with Crippen molar-refractivity contribution >= 4 is 17.3 Å². The first-order valence-electron chi connectivity index (χ1n) is 6.57. The second-order valence-corrected chi connectivity index (χ2v) is 4.90. The van der Waals surface area contributed by atoms with E-state index in [1.165, 1.54) is 31.7 Å². The minimum Gasteiger partial charge on any atom is -0.478 e. The quantitative estimate of drug-likeness (QED) is 0.567. The molecule has 0 saturated heterocycles. The number of benzene rings is 1. The molecule has 0 aromatic heterocycles. The standard InChI is InChI=1S/C14H20N2O2/c15-13-11(14(17)18)8-5-9-12(13)16-10-6-3-1-2-4-7-10/h5,8-10,16H,1-4,6-7,15H2,(H,17,18). The van der Waals surface area contributed by atoms with Crippen LogP contribution in [0.4, 0.5) is 11.4 Å². The Kier molecular flexibility index (Phi) is 4.07. The van der Waals surface area contributed by atoms with E-state index in [2.05, 4.69) is 5.32 Å². The van der Waals surface area contributed by atoms with E-state index in [-0.39, 0.29) is 5.56 Å². The van der Waals surface area contributed by atoms with Gasteiger partial charge in [-0.1, -0.05) is 31.7 Å². The number of hydrogen-bond donors (Lipinski definition) is 3. The molecule has 1 aliphatic rings. The summed E-state index contributed by atoms with van der Waals surface area (Å²) in [7, 11) is 0. The van der Waals surface area contributed by atoms with E-state index in [9.17, 15) is 4.79 Å². The summed E-state index contributed by atoms with van der Waals surface area (Å²) in [5.41, 5.74) is 7.17. The molecule has 0 aliphatic heterocycles. The summed E-state index contributed by atoms with van der Waals surface area (Å²) in [6.45, 7) is 0. The minimum absolute atomic E-state index is 0.175. The molecule has 0 bridgehead atoms. The SMILES string of the molecule is Nc1c(NC2CCCCCC2)cccc1C(=O)O. The number of hydrogen-bond acceptors (Lipinski definition) is 3. The first kappa shape index (κ1) is 12.7. The van der Waals surface area contributed by atoms with Crippen molar-refractivity contribution in [1.29, 1.82) is 0 Å². The Balaban J connectivity index is 2.13. The summed E-state index contributed by atoms with van der Waals surface area (Å²) in [4.78, 5) is 11.0. The van der Waals surface area contributed by atoms with E-state index in [0.717, 1.165) is 18.5 Å². The van der Waals surface area contributed by atoms with Crippen molar-refractivity contribution in [2.24, 2.45) is 0 Å². The van der Waals surface area contributed by atoms with Crippen LogP contribution in [0.2, 0.25) is 0 Å². The monoisotopic (exact) mass is 248 g/mol. The van der Waals surface area contributed by atoms with Crippen molar-refractivity contribution in [3.63, 3.8) is 0 Å². The molecule has 0 radical (unpaired) electrons. The molecule has 1 saturated carbocycles. The average molecular weight is 248 g/mol. The largest absolute Gasteiger partial charge is 0.478 e. The molecule has 1 fully saturated rings. The molecule has 0 amide bonds. The molecule has 18 heavy (non-hydrogen) atoms. The van der Waals surface area contributed by atoms with E-state index in [1.807, 2.05) is 6.07 Å². The number of nitrogen functional groups attached to an aromatic ring is 1. The summed E-state index contributed by atoms with van der Waals surface area (Å²) in [6.07, 6.45) is 7.32. The number of carboxylic acid groups (broad SMARTS) is 1. The maximum Gasteiger partial charge on any atom is 0.337 e. The van der Waals surface area contributed by atoms with Crippen LogP contribution in [0.5, 0.6) is 0 Å². The van der Waals surface area contributed by atoms with Crippen molar-refractivity contribution in [1.82, 2.24) is 0 Å². The normalized spacial score (nSPS) is 17.1. The second kappa shape index (κ2) is 5.76. The zero-order valence-electron chi connectivity index (χ0n) is 10.5. The predicted octanol–water partition coefficient (Wildman–Crippen LogP) is 3.10. The molecule has 98 valence electrons. The van der Waals surface area contributed by atoms with Gasteiger partial charge in [-0.3, -0.25) is 0 Å². The van der Waals surface area contributed by atoms with E-state index < -0.39 is 5.97 Å². The lowest BCUT2D eigenvalue weighted by Crippen LogP contribution is -2.19. The highest BCUT2D eigenvalue weighted by Gasteiger charge is 2.15. The van der Waals surface area contributed by atoms with Gasteiger partial charge in [-0.2, -0.15) is 0 Å². The number of anilines is 2. The van der Waals surface area contributed by atoms with Gasteiger partial charge >= 0.3 is 5.97 Å². The molecule has 4 nitrogen and oxygen atoms in total. The Morgan fingerprint density at radius 1 is 1.22 bits per heavy atom. The summed E-state index contributed by atoms with van der Waals surface area (Å²) >= 11 is 0. The van der Waals surface area contributed by atoms with Crippen LogP contribution in [-0.4, -0.2) is 17.1 Å². The number of aromatic carboxylic acids is 1. The molecule has 1 aromatic rings. The number of carboxylic acids is 1. The summed E-state index contributed by atoms with van der Waals surface area (Å²) in [6, 6.07) is 5.54. The number of nitrogens with one attached hydrogen (secondary N) is 1. The molecule has 1 aliphatic carbocycles. The predicted molar refractivity (Wildman–Crippen MR) is 72.9 cm³/mol. The number of rotatable bonds is 3. The Hall–Kier alpha value is -1.71. The van der Waals surface area contributed by atoms with Gasteiger partial charge in [0.15, 0.2) is 0 Å². The number of nitrogens with two attached hydrogens (primary N) is 1. The molecule has 1 aromatic carbocycles. The van der Waals surface area contributed by atoms with Crippen molar-refractivity contribution in [3.05, 3.63) is 23.8 Å². The highest BCUT2D eigenvalue weighted by atomic mass is 16.4. The first-order valence-corrected chi connectivity index (χ1v) is 6.57. The zero-order chi connectivity index (χ0) is 13.0. The van der Waals surface area contributed by atoms with E-state index in [1.54, 1.807) is 6.07 Å². The molecule has 0 unspecified atom stereocenters. The van der Waals surface area contributed by atoms with Gasteiger partial charge < -0.3 is 16.2 Å². The molecule has 2 rings (SSSR count). The van der Waals surface area contributed by atoms with E-state index >= 15 is 0 Å². The van der Waals surface area contributed by atoms with Crippen molar-refractivity contribution in [2.45, 2.75) is 44.6 Å². The van der Waals surface area contributed by atoms with Gasteiger partial charge in [0, 0.05) is 6.04 Å². The van der Waals surface area contributed by atoms with Gasteiger partial charge in [0.1, 0.15) is 0 Å². The maximum absolute atomic E-state index is 11.0. The summed E-state index contributed by atoms with van der Waals surface area (Å²) in [5, 5.41) is 12.4. The van der Waals surface area contributed by atoms with Gasteiger partial charge in [-0.15, -0.1) is 0 Å². The van der Waals surface area contributed by atoms with E-state index in [0.29, 0.717) is 11.7 Å². The van der Waals surface area contributed by atoms with Crippen LogP contribution in [0.15, 0.2) is 18.2 Å². The fourth-order valence-corrected chi connectivity index (χ4v) is 2.52. The van der Waals surface area contributed by atoms with Crippen LogP contribution >= 0.6 is 0 Å². The number of carbonyl (C=O) groups is 1. The highest BCUT2D eigenvalue weighted by molar-refractivity contribution is 5.97. The zero-order valence-corrected chi connectivity index (χ0v) is 10.5. The molecule has 0 heterocycles. The molecular formula is C14H20N2O2. The van der Waals surface area contributed by atoms with Gasteiger partial charge in [0.2, 0.25) is 0 Å². The third-order valence-electron chi connectivity index (χ3n) is 3.55. The Morgan fingerprint density at radius 2 is 1.89 bits per heavy atom. The van der Waals surface area contributed by atoms with Crippen molar-refractivity contribution in [3.8, 4) is 0 Å². The maximum atomic E-state index is 11.0. The summed E-state index contributed by atoms with van der Waals surface area (Å²) < 4.78 is 0. The van der Waals surface area contributed by atoms with Gasteiger partial charge in [0.25, 0.3) is 0 Å². The topological polar surface area (TPSA) is 75.3 Å². The third kappa shape index (κ3) is 2.94. The van der Waals surface area contributed by atoms with Crippen LogP contribution in [-0.2, 0) is 0 Å². The van der Waals surface area contributed by atoms with E-state index in [4.69, 9.17) is 10.8 Å². The molecule has 4 N–H and O–H groups in total. The fourth-order valence-electron chi connectivity index (χ4n) is 2.52. The van der Waals surface area contributed by atoms with Crippen LogP contribution in [0.3, 0.4) is 0 Å². The lowest BCUT2D eigenvalue weighted by molar-refractivity contribution is 0.0698. The van der Waals surface area contributed by atoms with Crippen LogP contribution < -0.4 is 11.1 Å². The minimum atomic E-state index is -0.975. The van der Waals surface area contributed by atoms with Crippen LogP contribution in [0.1, 0.15) is 48.9 Å². The first-order chi connectivity index (χ1) is 8.68. The summed E-state index contributed by atoms with van der Waals surface area (Å²) in [5.74, 6) is -0.975. The second-order valence-electron chi connectivity index (χ2n) is 4.90. The smallest absolute Gasteiger partial charge is 0.337 e. The van der Waals surface area contributed by atoms with Gasteiger partial charge in [0.05, 0.1) is 16.9 Å². The third-order valence-corrected chi connectivity index (χ3v) is 3.55. The molecule has 0 atom stereocenters. The highest BCUT2D eigenvalue weighted by Crippen LogP contribution is 2.27. The molecule has 0 spiro atoms. The Bertz CT molecular complexity index is 424. The molecule has 4 heteroatoms. The van der Waals surface area contributed by atoms with Crippen LogP contribution in [0.25, 0.3) is 0 Å². The Morgan fingerprint density at radius 3 is 2.50 bits per heavy atom. The van der Waals surface area contributed by atoms with Gasteiger partial charge in [-0.05, 0) is 25.0 Å². The van der Waals surface area contributed by atoms with Gasteiger partial charge in [-0.25, -0.2) is 4.79 Å². The fraction of sp³-hybridized carbons (Fsp3) is 0.500. The van der Waals surface area contributed by atoms with Crippen molar-refractivity contribution in [2.75, 3.05) is 11.1 Å².